The minimum atomic E-state index is -0.150. The van der Waals surface area contributed by atoms with E-state index >= 15 is 0 Å². The lowest BCUT2D eigenvalue weighted by atomic mass is 9.81. The molecule has 17 heavy (non-hydrogen) atoms. The van der Waals surface area contributed by atoms with E-state index in [1.54, 1.807) is 6.92 Å². The summed E-state index contributed by atoms with van der Waals surface area (Å²) >= 11 is 0. The molecule has 1 heterocycles. The maximum atomic E-state index is 11.3. The first-order chi connectivity index (χ1) is 7.99. The molecule has 0 aliphatic carbocycles. The topological polar surface area (TPSA) is 30.0 Å². The molecule has 0 aliphatic heterocycles. The van der Waals surface area contributed by atoms with Crippen LogP contribution in [-0.4, -0.2) is 10.8 Å². The highest BCUT2D eigenvalue weighted by Crippen LogP contribution is 2.28. The summed E-state index contributed by atoms with van der Waals surface area (Å²) in [7, 11) is 0. The highest BCUT2D eigenvalue weighted by atomic mass is 16.1. The van der Waals surface area contributed by atoms with Crippen LogP contribution in [0.5, 0.6) is 0 Å². The average Bonchev–Trinajstić information content (AvgIpc) is 2.26. The standard InChI is InChI=1S/C15H17NO/c1-11(17)9-15(2,3)13-8-12-6-4-5-7-14(12)16-10-13/h4-8,10H,9H2,1-3H3. The number of carbonyl (C=O) groups excluding carboxylic acids is 1. The van der Waals surface area contributed by atoms with Gasteiger partial charge in [-0.15, -0.1) is 0 Å². The van der Waals surface area contributed by atoms with Gasteiger partial charge in [0.05, 0.1) is 5.52 Å². The van der Waals surface area contributed by atoms with Gasteiger partial charge in [-0.2, -0.15) is 0 Å². The summed E-state index contributed by atoms with van der Waals surface area (Å²) in [6, 6.07) is 10.2. The molecule has 0 bridgehead atoms. The number of rotatable bonds is 3. The number of pyridine rings is 1. The first-order valence-electron chi connectivity index (χ1n) is 5.84. The molecule has 2 heteroatoms. The van der Waals surface area contributed by atoms with E-state index in [1.807, 2.05) is 24.4 Å². The van der Waals surface area contributed by atoms with Gasteiger partial charge in [0, 0.05) is 18.0 Å². The SMILES string of the molecule is CC(=O)CC(C)(C)c1cnc2ccccc2c1. The fourth-order valence-corrected chi connectivity index (χ4v) is 2.17. The highest BCUT2D eigenvalue weighted by Gasteiger charge is 2.23. The third kappa shape index (κ3) is 2.52. The minimum Gasteiger partial charge on any atom is -0.300 e. The summed E-state index contributed by atoms with van der Waals surface area (Å²) in [4.78, 5) is 15.7. The zero-order valence-corrected chi connectivity index (χ0v) is 10.5. The summed E-state index contributed by atoms with van der Waals surface area (Å²) in [6.07, 6.45) is 2.43. The van der Waals surface area contributed by atoms with Gasteiger partial charge in [0.2, 0.25) is 0 Å². The van der Waals surface area contributed by atoms with Crippen LogP contribution in [0.1, 0.15) is 32.8 Å². The van der Waals surface area contributed by atoms with Crippen LogP contribution < -0.4 is 0 Å². The third-order valence-electron chi connectivity index (χ3n) is 3.06. The second-order valence-corrected chi connectivity index (χ2v) is 5.18. The van der Waals surface area contributed by atoms with Gasteiger partial charge in [-0.3, -0.25) is 9.78 Å². The molecule has 0 aliphatic rings. The molecule has 1 aromatic carbocycles. The number of nitrogens with zero attached hydrogens (tertiary/aromatic N) is 1. The van der Waals surface area contributed by atoms with Crippen LogP contribution in [0.3, 0.4) is 0 Å². The maximum Gasteiger partial charge on any atom is 0.130 e. The van der Waals surface area contributed by atoms with Crippen molar-refractivity contribution in [1.82, 2.24) is 4.98 Å². The normalized spacial score (nSPS) is 11.7. The third-order valence-corrected chi connectivity index (χ3v) is 3.06. The van der Waals surface area contributed by atoms with E-state index in [2.05, 4.69) is 31.0 Å². The van der Waals surface area contributed by atoms with Gasteiger partial charge in [-0.1, -0.05) is 32.0 Å². The van der Waals surface area contributed by atoms with E-state index in [0.29, 0.717) is 6.42 Å². The molecular weight excluding hydrogens is 210 g/mol. The number of ketones is 1. The largest absolute Gasteiger partial charge is 0.300 e. The number of aromatic nitrogens is 1. The van der Waals surface area contributed by atoms with Crippen molar-refractivity contribution in [3.63, 3.8) is 0 Å². The van der Waals surface area contributed by atoms with Crippen LogP contribution in [0.15, 0.2) is 36.5 Å². The van der Waals surface area contributed by atoms with Gasteiger partial charge in [-0.25, -0.2) is 0 Å². The Bertz CT molecular complexity index is 558. The van der Waals surface area contributed by atoms with E-state index in [0.717, 1.165) is 16.5 Å². The summed E-state index contributed by atoms with van der Waals surface area (Å²) in [5.41, 5.74) is 1.96. The predicted molar refractivity (Wildman–Crippen MR) is 70.1 cm³/mol. The van der Waals surface area contributed by atoms with Gasteiger partial charge < -0.3 is 0 Å². The summed E-state index contributed by atoms with van der Waals surface area (Å²) in [5, 5.41) is 1.13. The average molecular weight is 227 g/mol. The van der Waals surface area contributed by atoms with Crippen LogP contribution in [0.4, 0.5) is 0 Å². The second kappa shape index (κ2) is 4.28. The van der Waals surface area contributed by atoms with Gasteiger partial charge in [0.25, 0.3) is 0 Å². The first-order valence-corrected chi connectivity index (χ1v) is 5.84. The lowest BCUT2D eigenvalue weighted by Gasteiger charge is -2.23. The zero-order valence-electron chi connectivity index (χ0n) is 10.5. The van der Waals surface area contributed by atoms with E-state index in [9.17, 15) is 4.79 Å². The Hall–Kier alpha value is -1.70. The molecule has 0 unspecified atom stereocenters. The number of hydrogen-bond acceptors (Lipinski definition) is 2. The number of para-hydroxylation sites is 1. The summed E-state index contributed by atoms with van der Waals surface area (Å²) < 4.78 is 0. The fourth-order valence-electron chi connectivity index (χ4n) is 2.17. The number of Topliss-reactive ketones (excluding diaryl/α,β-unsaturated/α-hetero) is 1. The summed E-state index contributed by atoms with van der Waals surface area (Å²) in [5.74, 6) is 0.211. The van der Waals surface area contributed by atoms with Gasteiger partial charge in [0.1, 0.15) is 5.78 Å². The fraction of sp³-hybridized carbons (Fsp3) is 0.333. The van der Waals surface area contributed by atoms with Crippen molar-refractivity contribution >= 4 is 16.7 Å². The van der Waals surface area contributed by atoms with Crippen molar-refractivity contribution in [3.05, 3.63) is 42.1 Å². The molecule has 0 amide bonds. The van der Waals surface area contributed by atoms with Gasteiger partial charge >= 0.3 is 0 Å². The van der Waals surface area contributed by atoms with Crippen LogP contribution >= 0.6 is 0 Å². The highest BCUT2D eigenvalue weighted by molar-refractivity contribution is 5.80. The molecule has 0 saturated carbocycles. The quantitative estimate of drug-likeness (QED) is 0.803. The number of benzene rings is 1. The molecule has 0 spiro atoms. The van der Waals surface area contributed by atoms with Crippen molar-refractivity contribution < 1.29 is 4.79 Å². The lowest BCUT2D eigenvalue weighted by molar-refractivity contribution is -0.118. The van der Waals surface area contributed by atoms with E-state index < -0.39 is 0 Å². The molecule has 2 nitrogen and oxygen atoms in total. The Balaban J connectivity index is 2.45. The minimum absolute atomic E-state index is 0.150. The Morgan fingerprint density at radius 1 is 1.29 bits per heavy atom. The number of hydrogen-bond donors (Lipinski definition) is 0. The van der Waals surface area contributed by atoms with Crippen LogP contribution in [-0.2, 0) is 10.2 Å². The Labute approximate surface area is 102 Å². The first kappa shape index (κ1) is 11.8. The smallest absolute Gasteiger partial charge is 0.130 e. The molecule has 2 rings (SSSR count). The molecule has 0 radical (unpaired) electrons. The Morgan fingerprint density at radius 3 is 2.71 bits per heavy atom. The second-order valence-electron chi connectivity index (χ2n) is 5.18. The molecule has 0 N–H and O–H groups in total. The molecule has 0 saturated heterocycles. The Kier molecular flexibility index (Phi) is 2.97. The monoisotopic (exact) mass is 227 g/mol. The van der Waals surface area contributed by atoms with Crippen molar-refractivity contribution in [3.8, 4) is 0 Å². The van der Waals surface area contributed by atoms with Crippen LogP contribution in [0.25, 0.3) is 10.9 Å². The molecule has 88 valence electrons. The van der Waals surface area contributed by atoms with E-state index in [-0.39, 0.29) is 11.2 Å². The predicted octanol–water partition coefficient (Wildman–Crippen LogP) is 3.49. The Morgan fingerprint density at radius 2 is 2.00 bits per heavy atom. The molecule has 0 fully saturated rings. The lowest BCUT2D eigenvalue weighted by Crippen LogP contribution is -2.20. The number of carbonyl (C=O) groups is 1. The van der Waals surface area contributed by atoms with Crippen molar-refractivity contribution in [2.24, 2.45) is 0 Å². The van der Waals surface area contributed by atoms with Gasteiger partial charge in [-0.05, 0) is 30.0 Å². The van der Waals surface area contributed by atoms with Crippen molar-refractivity contribution in [1.29, 1.82) is 0 Å². The van der Waals surface area contributed by atoms with E-state index in [4.69, 9.17) is 0 Å². The molecule has 0 atom stereocenters. The maximum absolute atomic E-state index is 11.3. The van der Waals surface area contributed by atoms with Crippen molar-refractivity contribution in [2.75, 3.05) is 0 Å². The van der Waals surface area contributed by atoms with E-state index in [1.165, 1.54) is 0 Å². The molecular formula is C15H17NO. The number of fused-ring (bicyclic) bond motifs is 1. The molecule has 1 aromatic heterocycles. The zero-order chi connectivity index (χ0) is 12.5. The molecule has 2 aromatic rings. The van der Waals surface area contributed by atoms with Crippen LogP contribution in [0, 0.1) is 0 Å². The van der Waals surface area contributed by atoms with Crippen LogP contribution in [0.2, 0.25) is 0 Å². The van der Waals surface area contributed by atoms with Gasteiger partial charge in [0.15, 0.2) is 0 Å². The summed E-state index contributed by atoms with van der Waals surface area (Å²) in [6.45, 7) is 5.80. The van der Waals surface area contributed by atoms with Crippen molar-refractivity contribution in [2.45, 2.75) is 32.6 Å².